The van der Waals surface area contributed by atoms with Gasteiger partial charge in [-0.15, -0.1) is 0 Å². The number of likely N-dealkylation sites (tertiary alicyclic amines) is 1. The van der Waals surface area contributed by atoms with Crippen molar-refractivity contribution in [1.82, 2.24) is 14.5 Å². The van der Waals surface area contributed by atoms with Crippen LogP contribution >= 0.6 is 0 Å². The zero-order valence-electron chi connectivity index (χ0n) is 11.0. The molecule has 2 aliphatic rings. The molecule has 0 N–H and O–H groups in total. The first kappa shape index (κ1) is 11.9. The van der Waals surface area contributed by atoms with Crippen LogP contribution in [0.1, 0.15) is 37.8 Å². The van der Waals surface area contributed by atoms with Crippen LogP contribution in [0.3, 0.4) is 0 Å². The number of nitrogens with zero attached hydrogens (tertiary/aromatic N) is 3. The highest BCUT2D eigenvalue weighted by Crippen LogP contribution is 2.33. The lowest BCUT2D eigenvalue weighted by Crippen LogP contribution is -2.37. The Morgan fingerprint density at radius 2 is 2.28 bits per heavy atom. The van der Waals surface area contributed by atoms with Gasteiger partial charge < -0.3 is 4.57 Å². The summed E-state index contributed by atoms with van der Waals surface area (Å²) in [4.78, 5) is 18.6. The molecule has 1 saturated heterocycles. The van der Waals surface area contributed by atoms with E-state index in [9.17, 15) is 4.79 Å². The lowest BCUT2D eigenvalue weighted by atomic mass is 9.95. The zero-order valence-corrected chi connectivity index (χ0v) is 11.0. The maximum absolute atomic E-state index is 11.9. The molecule has 2 atom stereocenters. The maximum atomic E-state index is 11.9. The highest BCUT2D eigenvalue weighted by atomic mass is 16.1. The quantitative estimate of drug-likeness (QED) is 0.817. The number of hydrogen-bond donors (Lipinski definition) is 0. The molecule has 4 nitrogen and oxygen atoms in total. The van der Waals surface area contributed by atoms with Crippen molar-refractivity contribution in [2.24, 2.45) is 13.0 Å². The Bertz CT molecular complexity index is 440. The van der Waals surface area contributed by atoms with E-state index in [1.54, 1.807) is 0 Å². The average molecular weight is 247 g/mol. The number of rotatable bonds is 3. The first-order valence-electron chi connectivity index (χ1n) is 6.97. The topological polar surface area (TPSA) is 38.1 Å². The van der Waals surface area contributed by atoms with Crippen LogP contribution in [0.15, 0.2) is 12.5 Å². The molecule has 4 heteroatoms. The molecule has 2 unspecified atom stereocenters. The molecule has 0 radical (unpaired) electrons. The average Bonchev–Trinajstić information content (AvgIpc) is 3.03. The first-order chi connectivity index (χ1) is 8.75. The van der Waals surface area contributed by atoms with Crippen molar-refractivity contribution in [3.8, 4) is 0 Å². The highest BCUT2D eigenvalue weighted by Gasteiger charge is 2.38. The smallest absolute Gasteiger partial charge is 0.137 e. The third-order valence-corrected chi connectivity index (χ3v) is 4.51. The van der Waals surface area contributed by atoms with Gasteiger partial charge in [0.15, 0.2) is 0 Å². The second-order valence-corrected chi connectivity index (χ2v) is 5.64. The van der Waals surface area contributed by atoms with Gasteiger partial charge in [-0.05, 0) is 32.2 Å². The molecule has 1 saturated carbocycles. The Balaban J connectivity index is 1.71. The van der Waals surface area contributed by atoms with E-state index in [4.69, 9.17) is 0 Å². The second kappa shape index (κ2) is 4.84. The van der Waals surface area contributed by atoms with Gasteiger partial charge in [-0.25, -0.2) is 4.98 Å². The van der Waals surface area contributed by atoms with E-state index in [0.717, 1.165) is 32.4 Å². The Morgan fingerprint density at radius 1 is 1.39 bits per heavy atom. The Morgan fingerprint density at radius 3 is 2.94 bits per heavy atom. The van der Waals surface area contributed by atoms with Crippen LogP contribution in [0.4, 0.5) is 0 Å². The van der Waals surface area contributed by atoms with Gasteiger partial charge in [-0.1, -0.05) is 0 Å². The summed E-state index contributed by atoms with van der Waals surface area (Å²) in [5.41, 5.74) is 1.24. The van der Waals surface area contributed by atoms with Gasteiger partial charge in [0.1, 0.15) is 5.78 Å². The standard InChI is InChI=1S/C14H21N3O/c1-16-10-15-8-11(16)9-17-7-3-5-13(17)12-4-2-6-14(12)18/h8,10,12-13H,2-7,9H2,1H3. The normalized spacial score (nSPS) is 29.3. The van der Waals surface area contributed by atoms with E-state index >= 15 is 0 Å². The summed E-state index contributed by atoms with van der Waals surface area (Å²) in [6, 6.07) is 0.481. The molecule has 1 aliphatic carbocycles. The summed E-state index contributed by atoms with van der Waals surface area (Å²) in [5.74, 6) is 0.803. The fraction of sp³-hybridized carbons (Fsp3) is 0.714. The first-order valence-corrected chi connectivity index (χ1v) is 6.97. The molecule has 3 rings (SSSR count). The van der Waals surface area contributed by atoms with Crippen molar-refractivity contribution in [3.05, 3.63) is 18.2 Å². The second-order valence-electron chi connectivity index (χ2n) is 5.64. The van der Waals surface area contributed by atoms with Crippen LogP contribution in [0.5, 0.6) is 0 Å². The summed E-state index contributed by atoms with van der Waals surface area (Å²) in [7, 11) is 2.04. The molecule has 1 aliphatic heterocycles. The minimum absolute atomic E-state index is 0.306. The van der Waals surface area contributed by atoms with Gasteiger partial charge in [0.2, 0.25) is 0 Å². The zero-order chi connectivity index (χ0) is 12.5. The molecule has 98 valence electrons. The molecule has 18 heavy (non-hydrogen) atoms. The summed E-state index contributed by atoms with van der Waals surface area (Å²) in [6.07, 6.45) is 9.21. The number of carbonyl (C=O) groups excluding carboxylic acids is 1. The van der Waals surface area contributed by atoms with E-state index in [1.165, 1.54) is 18.5 Å². The number of aryl methyl sites for hydroxylation is 1. The van der Waals surface area contributed by atoms with E-state index in [0.29, 0.717) is 17.7 Å². The minimum atomic E-state index is 0.306. The fourth-order valence-electron chi connectivity index (χ4n) is 3.50. The van der Waals surface area contributed by atoms with Crippen LogP contribution in [0.2, 0.25) is 0 Å². The predicted octanol–water partition coefficient (Wildman–Crippen LogP) is 1.75. The van der Waals surface area contributed by atoms with Crippen molar-refractivity contribution < 1.29 is 4.79 Å². The van der Waals surface area contributed by atoms with Crippen LogP contribution in [0.25, 0.3) is 0 Å². The van der Waals surface area contributed by atoms with Crippen molar-refractivity contribution in [1.29, 1.82) is 0 Å². The lowest BCUT2D eigenvalue weighted by Gasteiger charge is -2.28. The summed E-state index contributed by atoms with van der Waals surface area (Å²) < 4.78 is 2.08. The van der Waals surface area contributed by atoms with E-state index in [2.05, 4.69) is 14.5 Å². The number of Topliss-reactive ketones (excluding diaryl/α,β-unsaturated/α-hetero) is 1. The molecule has 1 aromatic heterocycles. The molecule has 0 bridgehead atoms. The van der Waals surface area contributed by atoms with Gasteiger partial charge >= 0.3 is 0 Å². The van der Waals surface area contributed by atoms with Crippen molar-refractivity contribution in [3.63, 3.8) is 0 Å². The summed E-state index contributed by atoms with van der Waals surface area (Å²) in [6.45, 7) is 2.06. The largest absolute Gasteiger partial charge is 0.337 e. The predicted molar refractivity (Wildman–Crippen MR) is 69.0 cm³/mol. The van der Waals surface area contributed by atoms with E-state index < -0.39 is 0 Å². The number of hydrogen-bond acceptors (Lipinski definition) is 3. The van der Waals surface area contributed by atoms with Crippen LogP contribution in [0, 0.1) is 5.92 Å². The molecule has 0 amide bonds. The Hall–Kier alpha value is -1.16. The van der Waals surface area contributed by atoms with E-state index in [1.807, 2.05) is 19.6 Å². The molecule has 2 heterocycles. The van der Waals surface area contributed by atoms with Gasteiger partial charge in [-0.3, -0.25) is 9.69 Å². The summed E-state index contributed by atoms with van der Waals surface area (Å²) >= 11 is 0. The fourth-order valence-corrected chi connectivity index (χ4v) is 3.50. The van der Waals surface area contributed by atoms with Crippen LogP contribution in [-0.4, -0.2) is 32.8 Å². The Kier molecular flexibility index (Phi) is 3.20. The molecule has 0 aromatic carbocycles. The monoisotopic (exact) mass is 247 g/mol. The third-order valence-electron chi connectivity index (χ3n) is 4.51. The van der Waals surface area contributed by atoms with E-state index in [-0.39, 0.29) is 0 Å². The SMILES string of the molecule is Cn1cncc1CN1CCCC1C1CCCC1=O. The third kappa shape index (κ3) is 2.09. The molecule has 1 aromatic rings. The number of imidazole rings is 1. The highest BCUT2D eigenvalue weighted by molar-refractivity contribution is 5.83. The van der Waals surface area contributed by atoms with Gasteiger partial charge in [-0.2, -0.15) is 0 Å². The number of aromatic nitrogens is 2. The number of ketones is 1. The molecule has 0 spiro atoms. The van der Waals surface area contributed by atoms with Crippen LogP contribution in [-0.2, 0) is 18.4 Å². The minimum Gasteiger partial charge on any atom is -0.337 e. The molecular weight excluding hydrogens is 226 g/mol. The van der Waals surface area contributed by atoms with Crippen LogP contribution < -0.4 is 0 Å². The number of carbonyl (C=O) groups is 1. The van der Waals surface area contributed by atoms with Gasteiger partial charge in [0, 0.05) is 38.2 Å². The molecule has 2 fully saturated rings. The van der Waals surface area contributed by atoms with Crippen molar-refractivity contribution >= 4 is 5.78 Å². The Labute approximate surface area is 108 Å². The maximum Gasteiger partial charge on any atom is 0.137 e. The van der Waals surface area contributed by atoms with Crippen molar-refractivity contribution in [2.45, 2.75) is 44.7 Å². The summed E-state index contributed by atoms with van der Waals surface area (Å²) in [5, 5.41) is 0. The van der Waals surface area contributed by atoms with Crippen molar-refractivity contribution in [2.75, 3.05) is 6.54 Å². The van der Waals surface area contributed by atoms with Gasteiger partial charge in [0.05, 0.1) is 12.0 Å². The molecular formula is C14H21N3O. The van der Waals surface area contributed by atoms with Gasteiger partial charge in [0.25, 0.3) is 0 Å². The lowest BCUT2D eigenvalue weighted by molar-refractivity contribution is -0.122.